The minimum absolute atomic E-state index is 0.263. The molecule has 7 aromatic rings. The summed E-state index contributed by atoms with van der Waals surface area (Å²) in [4.78, 5) is 12.2. The van der Waals surface area contributed by atoms with Gasteiger partial charge in [-0.1, -0.05) is 158 Å². The first-order valence-corrected chi connectivity index (χ1v) is 16.4. The van der Waals surface area contributed by atoms with E-state index in [0.717, 1.165) is 17.5 Å². The van der Waals surface area contributed by atoms with Gasteiger partial charge in [0.05, 0.1) is 5.41 Å². The van der Waals surface area contributed by atoms with E-state index in [2.05, 4.69) is 164 Å². The summed E-state index contributed by atoms with van der Waals surface area (Å²) in [6.07, 6.45) is 1.47. The summed E-state index contributed by atoms with van der Waals surface area (Å²) in [6.45, 7) is 0. The lowest BCUT2D eigenvalue weighted by molar-refractivity contribution is 0.0994. The Hall–Kier alpha value is -5.79. The highest BCUT2D eigenvalue weighted by molar-refractivity contribution is 6.01. The van der Waals surface area contributed by atoms with Gasteiger partial charge in [0.1, 0.15) is 0 Å². The Labute approximate surface area is 275 Å². The molecule has 2 aliphatic rings. The van der Waals surface area contributed by atoms with Gasteiger partial charge < -0.3 is 0 Å². The molecule has 7 aromatic carbocycles. The molecule has 1 heteroatoms. The summed E-state index contributed by atoms with van der Waals surface area (Å²) < 4.78 is 0. The minimum Gasteiger partial charge on any atom is -0.294 e. The molecule has 0 N–H and O–H groups in total. The second kappa shape index (κ2) is 10.9. The van der Waals surface area contributed by atoms with Gasteiger partial charge in [-0.3, -0.25) is 4.79 Å². The van der Waals surface area contributed by atoms with Gasteiger partial charge in [0.25, 0.3) is 0 Å². The van der Waals surface area contributed by atoms with Crippen LogP contribution in [0, 0.1) is 0 Å². The van der Waals surface area contributed by atoms with Gasteiger partial charge >= 0.3 is 0 Å². The zero-order chi connectivity index (χ0) is 31.4. The highest BCUT2D eigenvalue weighted by atomic mass is 16.1. The van der Waals surface area contributed by atoms with E-state index in [1.54, 1.807) is 0 Å². The number of hydrogen-bond donors (Lipinski definition) is 0. The molecule has 0 saturated carbocycles. The van der Waals surface area contributed by atoms with Crippen LogP contribution in [0.15, 0.2) is 170 Å². The summed E-state index contributed by atoms with van der Waals surface area (Å²) in [6, 6.07) is 61.9. The zero-order valence-corrected chi connectivity index (χ0v) is 26.0. The quantitative estimate of drug-likeness (QED) is 0.192. The molecule has 0 amide bonds. The molecule has 0 spiro atoms. The molecule has 0 radical (unpaired) electrons. The molecule has 1 nitrogen and oxygen atoms in total. The van der Waals surface area contributed by atoms with Crippen molar-refractivity contribution in [3.05, 3.63) is 203 Å². The monoisotopic (exact) mass is 600 g/mol. The van der Waals surface area contributed by atoms with Crippen LogP contribution >= 0.6 is 0 Å². The first-order chi connectivity index (χ1) is 23.2. The third-order valence-corrected chi connectivity index (χ3v) is 10.2. The molecule has 2 aliphatic carbocycles. The first-order valence-electron chi connectivity index (χ1n) is 16.4. The van der Waals surface area contributed by atoms with Crippen LogP contribution < -0.4 is 0 Å². The summed E-state index contributed by atoms with van der Waals surface area (Å²) in [5.74, 6) is 0.263. The van der Waals surface area contributed by atoms with Crippen molar-refractivity contribution >= 4 is 5.78 Å². The van der Waals surface area contributed by atoms with Crippen LogP contribution in [0.5, 0.6) is 0 Å². The van der Waals surface area contributed by atoms with Crippen molar-refractivity contribution in [3.8, 4) is 44.5 Å². The number of aryl methyl sites for hydroxylation is 1. The van der Waals surface area contributed by atoms with E-state index in [-0.39, 0.29) is 5.78 Å². The lowest BCUT2D eigenvalue weighted by Gasteiger charge is -2.34. The van der Waals surface area contributed by atoms with Crippen LogP contribution in [0.1, 0.15) is 44.6 Å². The highest BCUT2D eigenvalue weighted by Crippen LogP contribution is 2.57. The Morgan fingerprint density at radius 1 is 0.362 bits per heavy atom. The van der Waals surface area contributed by atoms with Crippen LogP contribution in [-0.4, -0.2) is 5.78 Å². The lowest BCUT2D eigenvalue weighted by Crippen LogP contribution is -2.28. The maximum atomic E-state index is 12.2. The van der Waals surface area contributed by atoms with Gasteiger partial charge in [-0.15, -0.1) is 0 Å². The van der Waals surface area contributed by atoms with Crippen molar-refractivity contribution in [2.45, 2.75) is 18.3 Å². The molecule has 47 heavy (non-hydrogen) atoms. The summed E-state index contributed by atoms with van der Waals surface area (Å²) in [7, 11) is 0. The van der Waals surface area contributed by atoms with Gasteiger partial charge in [0.15, 0.2) is 5.78 Å². The van der Waals surface area contributed by atoms with Gasteiger partial charge in [0.2, 0.25) is 0 Å². The average Bonchev–Trinajstić information content (AvgIpc) is 3.67. The second-order valence-corrected chi connectivity index (χ2v) is 12.7. The fourth-order valence-corrected chi connectivity index (χ4v) is 7.98. The molecular weight excluding hydrogens is 569 g/mol. The van der Waals surface area contributed by atoms with Crippen LogP contribution in [0.2, 0.25) is 0 Å². The molecule has 9 rings (SSSR count). The van der Waals surface area contributed by atoms with Gasteiger partial charge in [-0.25, -0.2) is 0 Å². The molecule has 0 aliphatic heterocycles. The van der Waals surface area contributed by atoms with E-state index in [4.69, 9.17) is 0 Å². The zero-order valence-electron chi connectivity index (χ0n) is 26.0. The fourth-order valence-electron chi connectivity index (χ4n) is 7.98. The maximum Gasteiger partial charge on any atom is 0.163 e. The molecule has 0 unspecified atom stereocenters. The molecule has 0 bridgehead atoms. The van der Waals surface area contributed by atoms with Crippen LogP contribution in [0.3, 0.4) is 0 Å². The Balaban J connectivity index is 1.21. The number of fused-ring (bicyclic) bond motifs is 4. The van der Waals surface area contributed by atoms with Crippen molar-refractivity contribution < 1.29 is 4.79 Å². The molecule has 0 fully saturated rings. The van der Waals surface area contributed by atoms with E-state index in [1.807, 2.05) is 6.07 Å². The van der Waals surface area contributed by atoms with Crippen molar-refractivity contribution in [3.63, 3.8) is 0 Å². The second-order valence-electron chi connectivity index (χ2n) is 12.7. The molecular formula is C46H32O. The highest BCUT2D eigenvalue weighted by Gasteiger charge is 2.46. The molecule has 0 aromatic heterocycles. The third kappa shape index (κ3) is 4.35. The third-order valence-electron chi connectivity index (χ3n) is 10.2. The number of carbonyl (C=O) groups is 1. The van der Waals surface area contributed by atoms with E-state index < -0.39 is 5.41 Å². The summed E-state index contributed by atoms with van der Waals surface area (Å²) in [5, 5.41) is 0. The topological polar surface area (TPSA) is 17.1 Å². The van der Waals surface area contributed by atoms with Gasteiger partial charge in [-0.2, -0.15) is 0 Å². The summed E-state index contributed by atoms with van der Waals surface area (Å²) in [5.41, 5.74) is 16.5. The number of ketones is 1. The predicted molar refractivity (Wildman–Crippen MR) is 193 cm³/mol. The molecule has 222 valence electrons. The SMILES string of the molecule is O=C1CCc2cc(-c3ccc(-c4ccc5c(c4)-c4cc(-c6ccccc6)ccc4C5(c4ccccc4)c4ccccc4)cc3)ccc21. The number of Topliss-reactive ketones (excluding diaryl/α,β-unsaturated/α-hetero) is 1. The standard InChI is InChI=1S/C46H32O/c47-45-27-23-37-28-34(20-24-40(37)45)32-16-18-33(19-17-32)36-22-26-44-42(30-36)41-29-35(31-10-4-1-5-11-31)21-25-43(41)46(44,38-12-6-2-7-13-38)39-14-8-3-9-15-39/h1-22,24-26,28-30H,23,27H2. The van der Waals surface area contributed by atoms with Crippen molar-refractivity contribution in [2.24, 2.45) is 0 Å². The average molecular weight is 601 g/mol. The van der Waals surface area contributed by atoms with Crippen LogP contribution in [0.25, 0.3) is 44.5 Å². The van der Waals surface area contributed by atoms with Crippen molar-refractivity contribution in [2.75, 3.05) is 0 Å². The Morgan fingerprint density at radius 2 is 0.787 bits per heavy atom. The van der Waals surface area contributed by atoms with Crippen LogP contribution in [0.4, 0.5) is 0 Å². The summed E-state index contributed by atoms with van der Waals surface area (Å²) >= 11 is 0. The molecule has 0 atom stereocenters. The van der Waals surface area contributed by atoms with Gasteiger partial charge in [0, 0.05) is 12.0 Å². The molecule has 0 saturated heterocycles. The van der Waals surface area contributed by atoms with Crippen molar-refractivity contribution in [1.82, 2.24) is 0 Å². The normalized spacial score (nSPS) is 14.0. The van der Waals surface area contributed by atoms with E-state index in [9.17, 15) is 4.79 Å². The van der Waals surface area contributed by atoms with E-state index in [1.165, 1.54) is 66.8 Å². The first kappa shape index (κ1) is 27.5. The number of carbonyl (C=O) groups excluding carboxylic acids is 1. The Morgan fingerprint density at radius 3 is 1.32 bits per heavy atom. The lowest BCUT2D eigenvalue weighted by atomic mass is 9.67. The Kier molecular flexibility index (Phi) is 6.40. The van der Waals surface area contributed by atoms with Crippen LogP contribution in [-0.2, 0) is 11.8 Å². The number of rotatable bonds is 5. The number of benzene rings is 7. The maximum absolute atomic E-state index is 12.2. The van der Waals surface area contributed by atoms with Crippen molar-refractivity contribution in [1.29, 1.82) is 0 Å². The van der Waals surface area contributed by atoms with E-state index >= 15 is 0 Å². The molecule has 0 heterocycles. The van der Waals surface area contributed by atoms with E-state index in [0.29, 0.717) is 6.42 Å². The largest absolute Gasteiger partial charge is 0.294 e. The predicted octanol–water partition coefficient (Wildman–Crippen LogP) is 11.2. The number of hydrogen-bond acceptors (Lipinski definition) is 1. The smallest absolute Gasteiger partial charge is 0.163 e. The minimum atomic E-state index is -0.431. The fraction of sp³-hybridized carbons (Fsp3) is 0.0652. The van der Waals surface area contributed by atoms with Gasteiger partial charge in [-0.05, 0) is 90.9 Å². The Bertz CT molecular complexity index is 2240.